The predicted molar refractivity (Wildman–Crippen MR) is 102 cm³/mol. The van der Waals surface area contributed by atoms with Gasteiger partial charge in [0.1, 0.15) is 10.8 Å². The normalized spacial score (nSPS) is 11.8. The van der Waals surface area contributed by atoms with Crippen LogP contribution in [0.5, 0.6) is 5.75 Å². The van der Waals surface area contributed by atoms with E-state index in [0.29, 0.717) is 10.2 Å². The molecule has 0 bridgehead atoms. The van der Waals surface area contributed by atoms with Crippen molar-refractivity contribution in [2.75, 3.05) is 12.4 Å². The van der Waals surface area contributed by atoms with E-state index in [4.69, 9.17) is 10.5 Å². The number of hydrogen-bond donors (Lipinski definition) is 2. The third-order valence-electron chi connectivity index (χ3n) is 3.58. The van der Waals surface area contributed by atoms with Crippen LogP contribution in [0.4, 0.5) is 5.00 Å². The molecule has 0 aliphatic rings. The van der Waals surface area contributed by atoms with Gasteiger partial charge in [-0.1, -0.05) is 11.8 Å². The Morgan fingerprint density at radius 3 is 2.70 bits per heavy atom. The van der Waals surface area contributed by atoms with E-state index in [1.807, 2.05) is 12.1 Å². The molecule has 2 aromatic heterocycles. The number of nitrogens with zero attached hydrogens (tertiary/aromatic N) is 4. The van der Waals surface area contributed by atoms with Gasteiger partial charge in [0, 0.05) is 0 Å². The molecule has 3 aromatic rings. The van der Waals surface area contributed by atoms with Crippen LogP contribution in [0.1, 0.15) is 17.3 Å². The number of methoxy groups -OCH3 is 1. The second kappa shape index (κ2) is 8.18. The van der Waals surface area contributed by atoms with E-state index in [9.17, 15) is 9.59 Å². The number of ether oxygens (including phenoxy) is 1. The number of anilines is 1. The molecule has 0 aliphatic carbocycles. The van der Waals surface area contributed by atoms with Gasteiger partial charge in [0.2, 0.25) is 11.1 Å². The summed E-state index contributed by atoms with van der Waals surface area (Å²) in [6.07, 6.45) is 0. The summed E-state index contributed by atoms with van der Waals surface area (Å²) in [5.74, 6) is -0.153. The zero-order valence-electron chi connectivity index (χ0n) is 14.4. The Labute approximate surface area is 162 Å². The second-order valence-electron chi connectivity index (χ2n) is 5.35. The highest BCUT2D eigenvalue weighted by molar-refractivity contribution is 8.00. The number of thiophene rings is 1. The smallest absolute Gasteiger partial charge is 0.251 e. The van der Waals surface area contributed by atoms with Gasteiger partial charge in [-0.05, 0) is 53.1 Å². The number of rotatable bonds is 7. The largest absolute Gasteiger partial charge is 0.497 e. The summed E-state index contributed by atoms with van der Waals surface area (Å²) >= 11 is 2.43. The van der Waals surface area contributed by atoms with Crippen molar-refractivity contribution in [3.05, 3.63) is 41.3 Å². The lowest BCUT2D eigenvalue weighted by atomic mass is 10.3. The lowest BCUT2D eigenvalue weighted by molar-refractivity contribution is -0.115. The SMILES string of the molecule is COc1ccc(-n2nnnc2S[C@@H](C)C(=O)Nc2sccc2C(N)=O)cc1. The van der Waals surface area contributed by atoms with Crippen molar-refractivity contribution in [3.63, 3.8) is 0 Å². The first-order valence-corrected chi connectivity index (χ1v) is 9.53. The third kappa shape index (κ3) is 4.26. The van der Waals surface area contributed by atoms with Crippen molar-refractivity contribution < 1.29 is 14.3 Å². The Kier molecular flexibility index (Phi) is 5.72. The number of primary amides is 1. The number of thioether (sulfide) groups is 1. The molecule has 3 rings (SSSR count). The maximum atomic E-state index is 12.5. The van der Waals surface area contributed by atoms with Crippen LogP contribution in [-0.2, 0) is 4.79 Å². The fourth-order valence-corrected chi connectivity index (χ4v) is 3.77. The molecule has 0 saturated carbocycles. The van der Waals surface area contributed by atoms with Crippen LogP contribution >= 0.6 is 23.1 Å². The molecule has 0 fully saturated rings. The lowest BCUT2D eigenvalue weighted by Gasteiger charge is -2.11. The molecule has 1 aromatic carbocycles. The molecular weight excluding hydrogens is 388 g/mol. The molecule has 27 heavy (non-hydrogen) atoms. The minimum atomic E-state index is -0.588. The molecule has 0 spiro atoms. The van der Waals surface area contributed by atoms with Crippen molar-refractivity contribution >= 4 is 39.9 Å². The van der Waals surface area contributed by atoms with E-state index in [-0.39, 0.29) is 11.5 Å². The summed E-state index contributed by atoms with van der Waals surface area (Å²) in [7, 11) is 1.59. The lowest BCUT2D eigenvalue weighted by Crippen LogP contribution is -2.24. The van der Waals surface area contributed by atoms with Gasteiger partial charge in [-0.3, -0.25) is 9.59 Å². The van der Waals surface area contributed by atoms with Crippen molar-refractivity contribution in [1.29, 1.82) is 0 Å². The van der Waals surface area contributed by atoms with Crippen LogP contribution in [0, 0.1) is 0 Å². The van der Waals surface area contributed by atoms with Gasteiger partial charge in [0.25, 0.3) is 5.91 Å². The van der Waals surface area contributed by atoms with E-state index < -0.39 is 11.2 Å². The fourth-order valence-electron chi connectivity index (χ4n) is 2.16. The van der Waals surface area contributed by atoms with Gasteiger partial charge >= 0.3 is 0 Å². The van der Waals surface area contributed by atoms with Crippen molar-refractivity contribution in [2.24, 2.45) is 5.73 Å². The van der Waals surface area contributed by atoms with E-state index in [2.05, 4.69) is 20.8 Å². The molecule has 2 amide bonds. The molecule has 0 unspecified atom stereocenters. The van der Waals surface area contributed by atoms with Crippen LogP contribution in [-0.4, -0.2) is 44.4 Å². The van der Waals surface area contributed by atoms with Gasteiger partial charge in [-0.15, -0.1) is 16.4 Å². The number of benzene rings is 1. The zero-order chi connectivity index (χ0) is 19.4. The second-order valence-corrected chi connectivity index (χ2v) is 7.57. The van der Waals surface area contributed by atoms with Crippen LogP contribution in [0.2, 0.25) is 0 Å². The summed E-state index contributed by atoms with van der Waals surface area (Å²) in [6, 6.07) is 8.79. The first kappa shape index (κ1) is 18.9. The molecular formula is C16H16N6O3S2. The monoisotopic (exact) mass is 404 g/mol. The van der Waals surface area contributed by atoms with E-state index in [0.717, 1.165) is 11.4 Å². The van der Waals surface area contributed by atoms with E-state index >= 15 is 0 Å². The quantitative estimate of drug-likeness (QED) is 0.577. The molecule has 0 aliphatic heterocycles. The average Bonchev–Trinajstić information content (AvgIpc) is 3.31. The van der Waals surface area contributed by atoms with E-state index in [1.54, 1.807) is 37.6 Å². The zero-order valence-corrected chi connectivity index (χ0v) is 16.1. The Morgan fingerprint density at radius 2 is 2.04 bits per heavy atom. The summed E-state index contributed by atoms with van der Waals surface area (Å²) in [5, 5.41) is 16.4. The molecule has 1 atom stereocenters. The third-order valence-corrected chi connectivity index (χ3v) is 5.44. The number of tetrazole rings is 1. The summed E-state index contributed by atoms with van der Waals surface area (Å²) in [5.41, 5.74) is 6.32. The number of carbonyl (C=O) groups is 2. The topological polar surface area (TPSA) is 125 Å². The Balaban J connectivity index is 1.71. The van der Waals surface area contributed by atoms with Crippen LogP contribution in [0.3, 0.4) is 0 Å². The highest BCUT2D eigenvalue weighted by Crippen LogP contribution is 2.27. The van der Waals surface area contributed by atoms with Crippen molar-refractivity contribution in [1.82, 2.24) is 20.2 Å². The Hall–Kier alpha value is -2.92. The molecule has 140 valence electrons. The molecule has 0 radical (unpaired) electrons. The highest BCUT2D eigenvalue weighted by atomic mass is 32.2. The van der Waals surface area contributed by atoms with E-state index in [1.165, 1.54) is 27.8 Å². The number of nitrogens with two attached hydrogens (primary N) is 1. The summed E-state index contributed by atoms with van der Waals surface area (Å²) < 4.78 is 6.67. The maximum Gasteiger partial charge on any atom is 0.251 e. The molecule has 0 saturated heterocycles. The minimum Gasteiger partial charge on any atom is -0.497 e. The average molecular weight is 404 g/mol. The Morgan fingerprint density at radius 1 is 1.30 bits per heavy atom. The van der Waals surface area contributed by atoms with Crippen molar-refractivity contribution in [2.45, 2.75) is 17.3 Å². The molecule has 9 nitrogen and oxygen atoms in total. The first-order valence-electron chi connectivity index (χ1n) is 7.77. The van der Waals surface area contributed by atoms with Gasteiger partial charge < -0.3 is 15.8 Å². The van der Waals surface area contributed by atoms with Crippen LogP contribution < -0.4 is 15.8 Å². The number of amides is 2. The molecule has 11 heteroatoms. The first-order chi connectivity index (χ1) is 13.0. The van der Waals surface area contributed by atoms with Crippen LogP contribution in [0.15, 0.2) is 40.9 Å². The molecule has 2 heterocycles. The minimum absolute atomic E-state index is 0.283. The number of carbonyl (C=O) groups excluding carboxylic acids is 2. The fraction of sp³-hybridized carbons (Fsp3) is 0.188. The summed E-state index contributed by atoms with van der Waals surface area (Å²) in [4.78, 5) is 23.8. The highest BCUT2D eigenvalue weighted by Gasteiger charge is 2.21. The Bertz CT molecular complexity index is 953. The van der Waals surface area contributed by atoms with Crippen LogP contribution in [0.25, 0.3) is 5.69 Å². The molecule has 3 N–H and O–H groups in total. The summed E-state index contributed by atoms with van der Waals surface area (Å²) in [6.45, 7) is 1.73. The maximum absolute atomic E-state index is 12.5. The number of aromatic nitrogens is 4. The van der Waals surface area contributed by atoms with Gasteiger partial charge in [-0.2, -0.15) is 4.68 Å². The standard InChI is InChI=1S/C16H16N6O3S2/c1-9(14(24)18-15-12(13(17)23)7-8-26-15)27-16-19-20-21-22(16)10-3-5-11(25-2)6-4-10/h3-9H,1-2H3,(H2,17,23)(H,18,24)/t9-/m0/s1. The van der Waals surface area contributed by atoms with Gasteiger partial charge in [-0.25, -0.2) is 0 Å². The predicted octanol–water partition coefficient (Wildman–Crippen LogP) is 1.95. The number of hydrogen-bond acceptors (Lipinski definition) is 8. The van der Waals surface area contributed by atoms with Gasteiger partial charge in [0.15, 0.2) is 0 Å². The van der Waals surface area contributed by atoms with Gasteiger partial charge in [0.05, 0.1) is 23.6 Å². The number of nitrogens with one attached hydrogen (secondary N) is 1. The van der Waals surface area contributed by atoms with Crippen molar-refractivity contribution in [3.8, 4) is 11.4 Å².